The molecule has 0 saturated heterocycles. The first-order valence-electron chi connectivity index (χ1n) is 4.74. The molecule has 0 saturated carbocycles. The van der Waals surface area contributed by atoms with Gasteiger partial charge in [0.05, 0.1) is 12.2 Å². The molecule has 84 valence electrons. The van der Waals surface area contributed by atoms with Gasteiger partial charge in [0.15, 0.2) is 0 Å². The van der Waals surface area contributed by atoms with Crippen molar-refractivity contribution in [3.05, 3.63) is 24.3 Å². The molecule has 0 aliphatic heterocycles. The smallest absolute Gasteiger partial charge is 0.209 e. The lowest BCUT2D eigenvalue weighted by molar-refractivity contribution is 0.557. The molecule has 2 N–H and O–H groups in total. The number of thioether (sulfide) groups is 1. The first kappa shape index (κ1) is 11.0. The third kappa shape index (κ3) is 2.74. The molecule has 2 heterocycles. The van der Waals surface area contributed by atoms with Gasteiger partial charge in [-0.05, 0) is 10.4 Å². The molecule has 0 spiro atoms. The quantitative estimate of drug-likeness (QED) is 0.714. The highest BCUT2D eigenvalue weighted by molar-refractivity contribution is 7.98. The van der Waals surface area contributed by atoms with Gasteiger partial charge in [0.2, 0.25) is 5.16 Å². The average molecular weight is 237 g/mol. The molecule has 0 amide bonds. The lowest BCUT2D eigenvalue weighted by atomic mass is 10.5. The number of nitrogens with zero attached hydrogens (tertiary/aromatic N) is 6. The topological polar surface area (TPSA) is 95.4 Å². The maximum absolute atomic E-state index is 5.45. The molecule has 0 radical (unpaired) electrons. The van der Waals surface area contributed by atoms with Crippen molar-refractivity contribution < 1.29 is 0 Å². The van der Waals surface area contributed by atoms with Crippen LogP contribution in [0.3, 0.4) is 0 Å². The van der Waals surface area contributed by atoms with Crippen LogP contribution in [0.5, 0.6) is 0 Å². The molecule has 2 rings (SSSR count). The lowest BCUT2D eigenvalue weighted by Crippen LogP contribution is -2.12. The molecule has 2 aromatic heterocycles. The van der Waals surface area contributed by atoms with Crippen LogP contribution in [0.25, 0.3) is 0 Å². The summed E-state index contributed by atoms with van der Waals surface area (Å²) in [4.78, 5) is 8.16. The summed E-state index contributed by atoms with van der Waals surface area (Å²) in [7, 11) is 0. The number of tetrazole rings is 1. The summed E-state index contributed by atoms with van der Waals surface area (Å²) >= 11 is 1.52. The van der Waals surface area contributed by atoms with Crippen LogP contribution in [-0.2, 0) is 12.3 Å². The van der Waals surface area contributed by atoms with Crippen LogP contribution in [0.2, 0.25) is 0 Å². The van der Waals surface area contributed by atoms with Gasteiger partial charge in [-0.1, -0.05) is 11.8 Å². The predicted molar refractivity (Wildman–Crippen MR) is 58.5 cm³/mol. The molecule has 0 bridgehead atoms. The number of nitrogens with two attached hydrogens (primary N) is 1. The molecule has 16 heavy (non-hydrogen) atoms. The fourth-order valence-electron chi connectivity index (χ4n) is 1.11. The van der Waals surface area contributed by atoms with Crippen molar-refractivity contribution in [3.63, 3.8) is 0 Å². The molecule has 0 atom stereocenters. The Bertz CT molecular complexity index is 429. The minimum absolute atomic E-state index is 0.518. The zero-order valence-corrected chi connectivity index (χ0v) is 9.34. The van der Waals surface area contributed by atoms with Crippen molar-refractivity contribution in [2.24, 2.45) is 5.73 Å². The first-order valence-corrected chi connectivity index (χ1v) is 5.72. The molecule has 0 aliphatic carbocycles. The second kappa shape index (κ2) is 5.52. The number of rotatable bonds is 5. The monoisotopic (exact) mass is 237 g/mol. The fourth-order valence-corrected chi connectivity index (χ4v) is 1.90. The van der Waals surface area contributed by atoms with Gasteiger partial charge in [-0.15, -0.1) is 5.10 Å². The van der Waals surface area contributed by atoms with Gasteiger partial charge < -0.3 is 5.73 Å². The van der Waals surface area contributed by atoms with E-state index in [2.05, 4.69) is 25.5 Å². The van der Waals surface area contributed by atoms with Gasteiger partial charge in [-0.2, -0.15) is 0 Å². The van der Waals surface area contributed by atoms with E-state index in [0.717, 1.165) is 10.9 Å². The molecule has 0 fully saturated rings. The van der Waals surface area contributed by atoms with Crippen molar-refractivity contribution in [1.82, 2.24) is 30.2 Å². The van der Waals surface area contributed by atoms with Crippen LogP contribution in [-0.4, -0.2) is 36.7 Å². The van der Waals surface area contributed by atoms with Crippen molar-refractivity contribution >= 4 is 11.8 Å². The second-order valence-electron chi connectivity index (χ2n) is 2.96. The van der Waals surface area contributed by atoms with E-state index in [1.807, 2.05) is 0 Å². The number of aromatic nitrogens is 6. The Morgan fingerprint density at radius 1 is 1.38 bits per heavy atom. The van der Waals surface area contributed by atoms with Crippen LogP contribution in [0, 0.1) is 0 Å². The van der Waals surface area contributed by atoms with E-state index in [9.17, 15) is 0 Å². The Labute approximate surface area is 96.5 Å². The lowest BCUT2D eigenvalue weighted by Gasteiger charge is -2.01. The third-order valence-electron chi connectivity index (χ3n) is 1.81. The van der Waals surface area contributed by atoms with Crippen molar-refractivity contribution in [2.45, 2.75) is 17.5 Å². The normalized spacial score (nSPS) is 10.6. The summed E-state index contributed by atoms with van der Waals surface area (Å²) in [5.74, 6) is 0.693. The molecular weight excluding hydrogens is 226 g/mol. The van der Waals surface area contributed by atoms with E-state index in [4.69, 9.17) is 5.73 Å². The molecular formula is C8H11N7S. The molecule has 0 unspecified atom stereocenters. The van der Waals surface area contributed by atoms with Crippen LogP contribution < -0.4 is 5.73 Å². The minimum Gasteiger partial charge on any atom is -0.329 e. The Kier molecular flexibility index (Phi) is 3.78. The van der Waals surface area contributed by atoms with E-state index in [-0.39, 0.29) is 0 Å². The van der Waals surface area contributed by atoms with Gasteiger partial charge in [0.1, 0.15) is 0 Å². The molecule has 0 aliphatic rings. The van der Waals surface area contributed by atoms with Gasteiger partial charge in [-0.3, -0.25) is 9.97 Å². The largest absolute Gasteiger partial charge is 0.329 e. The number of hydrogen-bond donors (Lipinski definition) is 1. The highest BCUT2D eigenvalue weighted by atomic mass is 32.2. The third-order valence-corrected chi connectivity index (χ3v) is 2.80. The molecule has 0 aromatic carbocycles. The second-order valence-corrected chi connectivity index (χ2v) is 3.90. The van der Waals surface area contributed by atoms with E-state index in [1.165, 1.54) is 11.8 Å². The van der Waals surface area contributed by atoms with Crippen LogP contribution in [0.1, 0.15) is 5.69 Å². The molecule has 7 nitrogen and oxygen atoms in total. The van der Waals surface area contributed by atoms with E-state index in [0.29, 0.717) is 18.8 Å². The minimum atomic E-state index is 0.518. The summed E-state index contributed by atoms with van der Waals surface area (Å²) in [6.07, 6.45) is 5.04. The van der Waals surface area contributed by atoms with Gasteiger partial charge in [0.25, 0.3) is 0 Å². The highest BCUT2D eigenvalue weighted by Crippen LogP contribution is 2.17. The Morgan fingerprint density at radius 2 is 2.31 bits per heavy atom. The summed E-state index contributed by atoms with van der Waals surface area (Å²) in [5.41, 5.74) is 6.35. The summed E-state index contributed by atoms with van der Waals surface area (Å²) in [6.45, 7) is 1.14. The van der Waals surface area contributed by atoms with Gasteiger partial charge >= 0.3 is 0 Å². The molecule has 2 aromatic rings. The average Bonchev–Trinajstić information content (AvgIpc) is 2.76. The SMILES string of the molecule is NCCn1nnnc1SCc1cnccn1. The predicted octanol–water partition coefficient (Wildman–Crippen LogP) is -0.286. The highest BCUT2D eigenvalue weighted by Gasteiger charge is 2.06. The zero-order valence-electron chi connectivity index (χ0n) is 8.52. The van der Waals surface area contributed by atoms with Crippen LogP contribution in [0.15, 0.2) is 23.7 Å². The van der Waals surface area contributed by atoms with Gasteiger partial charge in [0, 0.05) is 30.9 Å². The Hall–Kier alpha value is -1.54. The summed E-state index contributed by atoms with van der Waals surface area (Å²) < 4.78 is 1.68. The Morgan fingerprint density at radius 3 is 3.06 bits per heavy atom. The Balaban J connectivity index is 1.97. The van der Waals surface area contributed by atoms with Crippen molar-refractivity contribution in [2.75, 3.05) is 6.54 Å². The zero-order chi connectivity index (χ0) is 11.2. The number of hydrogen-bond acceptors (Lipinski definition) is 7. The maximum atomic E-state index is 5.45. The van der Waals surface area contributed by atoms with Crippen LogP contribution in [0.4, 0.5) is 0 Å². The standard InChI is InChI=1S/C8H11N7S/c9-1-4-15-8(12-13-14-15)16-6-7-5-10-2-3-11-7/h2-3,5H,1,4,6,9H2. The van der Waals surface area contributed by atoms with Gasteiger partial charge in [-0.25, -0.2) is 4.68 Å². The van der Waals surface area contributed by atoms with Crippen molar-refractivity contribution in [1.29, 1.82) is 0 Å². The maximum Gasteiger partial charge on any atom is 0.209 e. The molecule has 8 heteroatoms. The fraction of sp³-hybridized carbons (Fsp3) is 0.375. The summed E-state index contributed by atoms with van der Waals surface area (Å²) in [6, 6.07) is 0. The van der Waals surface area contributed by atoms with E-state index < -0.39 is 0 Å². The summed E-state index contributed by atoms with van der Waals surface area (Å²) in [5, 5.41) is 12.1. The van der Waals surface area contributed by atoms with E-state index >= 15 is 0 Å². The van der Waals surface area contributed by atoms with E-state index in [1.54, 1.807) is 23.3 Å². The first-order chi connectivity index (χ1) is 7.90. The van der Waals surface area contributed by atoms with Crippen LogP contribution >= 0.6 is 11.8 Å². The van der Waals surface area contributed by atoms with Crippen molar-refractivity contribution in [3.8, 4) is 0 Å².